The maximum absolute atomic E-state index is 11.3. The molecule has 0 saturated carbocycles. The van der Waals surface area contributed by atoms with Crippen LogP contribution in [0, 0.1) is 0 Å². The summed E-state index contributed by atoms with van der Waals surface area (Å²) in [6.07, 6.45) is -23.9. The van der Waals surface area contributed by atoms with E-state index in [1.165, 1.54) is 0 Å². The van der Waals surface area contributed by atoms with E-state index in [1.807, 2.05) is 0 Å². The van der Waals surface area contributed by atoms with Crippen LogP contribution in [-0.2, 0) is 9.59 Å². The Balaban J connectivity index is -0.000000120. The van der Waals surface area contributed by atoms with Gasteiger partial charge in [0.15, 0.2) is 0 Å². The number of hydrogen-bond donors (Lipinski definition) is 0. The molecule has 0 fully saturated rings. The molecule has 0 aliphatic heterocycles. The van der Waals surface area contributed by atoms with Gasteiger partial charge in [-0.25, -0.2) is 0 Å². The van der Waals surface area contributed by atoms with E-state index in [0.717, 1.165) is 0 Å². The van der Waals surface area contributed by atoms with E-state index in [-0.39, 0.29) is 34.0 Å². The van der Waals surface area contributed by atoms with Gasteiger partial charge in [-0.15, -0.1) is 0 Å². The van der Waals surface area contributed by atoms with Crippen molar-refractivity contribution in [2.45, 2.75) is 24.7 Å². The number of carbonyl (C=O) groups is 2. The molecule has 0 saturated heterocycles. The zero-order valence-corrected chi connectivity index (χ0v) is 14.4. The minimum atomic E-state index is -5.46. The average Bonchev–Trinajstić information content (AvgIpc) is 2.34. The second-order valence-corrected chi connectivity index (χ2v) is 3.74. The minimum Gasteiger partial charge on any atom is -0.869 e. The first kappa shape index (κ1) is 37.9. The van der Waals surface area contributed by atoms with Gasteiger partial charge in [0, 0.05) is 0 Å². The summed E-state index contributed by atoms with van der Waals surface area (Å²) >= 11 is 0. The Kier molecular flexibility index (Phi) is 16.7. The van der Waals surface area contributed by atoms with Gasteiger partial charge >= 0.3 is 47.8 Å². The molecule has 0 aromatic carbocycles. The molecule has 4 N–H and O–H groups in total. The quantitative estimate of drug-likeness (QED) is 0.237. The second-order valence-electron chi connectivity index (χ2n) is 3.74. The van der Waals surface area contributed by atoms with Gasteiger partial charge in [-0.3, -0.25) is 9.59 Å². The number of halogens is 12. The molecule has 29 heavy (non-hydrogen) atoms. The monoisotopic (exact) mass is 474 g/mol. The summed E-state index contributed by atoms with van der Waals surface area (Å²) < 4.78 is 136. The SMILES string of the molecule is O.O.O=C(C=C([O-])C(F)(F)F)C(F)(F)F.O=C(C=C([O-])C(F)(F)F)C(F)(F)F.[Mg+2]. The number of hydrogen-bond acceptors (Lipinski definition) is 4. The molecule has 6 nitrogen and oxygen atoms in total. The van der Waals surface area contributed by atoms with Crippen molar-refractivity contribution in [2.75, 3.05) is 0 Å². The van der Waals surface area contributed by atoms with Gasteiger partial charge in [-0.2, -0.15) is 52.7 Å². The normalized spacial score (nSPS) is 13.0. The molecule has 0 radical (unpaired) electrons. The van der Waals surface area contributed by atoms with E-state index >= 15 is 0 Å². The van der Waals surface area contributed by atoms with E-state index in [0.29, 0.717) is 0 Å². The van der Waals surface area contributed by atoms with Gasteiger partial charge in [0.25, 0.3) is 11.6 Å². The van der Waals surface area contributed by atoms with Crippen molar-refractivity contribution in [1.29, 1.82) is 0 Å². The molecule has 0 aliphatic carbocycles. The number of rotatable bonds is 2. The van der Waals surface area contributed by atoms with E-state index in [2.05, 4.69) is 0 Å². The Labute approximate surface area is 167 Å². The van der Waals surface area contributed by atoms with Crippen LogP contribution in [0.3, 0.4) is 0 Å². The van der Waals surface area contributed by atoms with Crippen molar-refractivity contribution < 1.29 is 83.4 Å². The summed E-state index contributed by atoms with van der Waals surface area (Å²) in [6.45, 7) is 0. The predicted octanol–water partition coefficient (Wildman–Crippen LogP) is -0.182. The van der Waals surface area contributed by atoms with E-state index in [9.17, 15) is 72.5 Å². The van der Waals surface area contributed by atoms with Gasteiger partial charge in [0.05, 0.1) is 0 Å². The van der Waals surface area contributed by atoms with Crippen molar-refractivity contribution in [3.05, 3.63) is 23.7 Å². The van der Waals surface area contributed by atoms with Crippen LogP contribution >= 0.6 is 0 Å². The van der Waals surface area contributed by atoms with Crippen LogP contribution < -0.4 is 10.2 Å². The molecule has 0 spiro atoms. The maximum atomic E-state index is 11.3. The molecular formula is C10H6F12MgO6. The smallest absolute Gasteiger partial charge is 0.869 e. The predicted molar refractivity (Wildman–Crippen MR) is 63.4 cm³/mol. The molecular weight excluding hydrogens is 468 g/mol. The van der Waals surface area contributed by atoms with Crippen molar-refractivity contribution in [1.82, 2.24) is 0 Å². The van der Waals surface area contributed by atoms with Crippen molar-refractivity contribution in [2.24, 2.45) is 0 Å². The Hall–Kier alpha value is -1.73. The van der Waals surface area contributed by atoms with Crippen LogP contribution in [0.4, 0.5) is 52.7 Å². The fraction of sp³-hybridized carbons (Fsp3) is 0.400. The first-order chi connectivity index (χ1) is 11.1. The zero-order valence-electron chi connectivity index (χ0n) is 13.0. The summed E-state index contributed by atoms with van der Waals surface area (Å²) in [6, 6.07) is 0. The minimum absolute atomic E-state index is 0. The molecule has 0 bridgehead atoms. The number of alkyl halides is 12. The molecule has 0 aromatic rings. The van der Waals surface area contributed by atoms with Crippen LogP contribution in [0.15, 0.2) is 23.7 Å². The molecule has 19 heteroatoms. The third-order valence-electron chi connectivity index (χ3n) is 1.64. The molecule has 0 rings (SSSR count). The third kappa shape index (κ3) is 16.9. The number of ketones is 2. The molecule has 0 atom stereocenters. The summed E-state index contributed by atoms with van der Waals surface area (Å²) in [4.78, 5) is 19.6. The Bertz CT molecular complexity index is 532. The van der Waals surface area contributed by atoms with Gasteiger partial charge in [-0.05, 0) is 23.7 Å². The Morgan fingerprint density at radius 3 is 0.793 bits per heavy atom. The van der Waals surface area contributed by atoms with E-state index in [1.54, 1.807) is 0 Å². The fourth-order valence-corrected chi connectivity index (χ4v) is 0.565. The van der Waals surface area contributed by atoms with Crippen molar-refractivity contribution >= 4 is 34.6 Å². The van der Waals surface area contributed by atoms with Crippen molar-refractivity contribution in [3.8, 4) is 0 Å². The van der Waals surface area contributed by atoms with Gasteiger partial charge in [0.1, 0.15) is 0 Å². The van der Waals surface area contributed by atoms with Gasteiger partial charge in [0.2, 0.25) is 0 Å². The van der Waals surface area contributed by atoms with Crippen molar-refractivity contribution in [3.63, 3.8) is 0 Å². The van der Waals surface area contributed by atoms with E-state index < -0.39 is 59.9 Å². The van der Waals surface area contributed by atoms with E-state index in [4.69, 9.17) is 0 Å². The maximum Gasteiger partial charge on any atom is 2.00 e. The first-order valence-electron chi connectivity index (χ1n) is 5.24. The topological polar surface area (TPSA) is 143 Å². The molecule has 0 heterocycles. The van der Waals surface area contributed by atoms with Crippen LogP contribution in [0.25, 0.3) is 0 Å². The summed E-state index contributed by atoms with van der Waals surface area (Å²) in [5.74, 6) is -11.3. The van der Waals surface area contributed by atoms with Gasteiger partial charge < -0.3 is 21.2 Å². The summed E-state index contributed by atoms with van der Waals surface area (Å²) in [5.41, 5.74) is 0. The third-order valence-corrected chi connectivity index (χ3v) is 1.64. The molecule has 0 amide bonds. The Morgan fingerprint density at radius 1 is 0.517 bits per heavy atom. The zero-order chi connectivity index (χ0) is 21.7. The van der Waals surface area contributed by atoms with Crippen LogP contribution in [0.5, 0.6) is 0 Å². The van der Waals surface area contributed by atoms with Crippen LogP contribution in [0.1, 0.15) is 0 Å². The summed E-state index contributed by atoms with van der Waals surface area (Å²) in [7, 11) is 0. The fourth-order valence-electron chi connectivity index (χ4n) is 0.565. The van der Waals surface area contributed by atoms with Crippen LogP contribution in [0.2, 0.25) is 0 Å². The van der Waals surface area contributed by atoms with Gasteiger partial charge in [-0.1, -0.05) is 0 Å². The number of carbonyl (C=O) groups excluding carboxylic acids is 2. The second kappa shape index (κ2) is 12.7. The average molecular weight is 474 g/mol. The standard InChI is InChI=1S/2C5H2F6O2.Mg.2H2O/c2*6-4(7,8)2(12)1-3(13)5(9,10)11;;;/h2*1,12H;;2*1H2/q;;+2;;/p-2. The molecule has 168 valence electrons. The molecule has 0 unspecified atom stereocenters. The Morgan fingerprint density at radius 2 is 0.690 bits per heavy atom. The molecule has 0 aliphatic rings. The summed E-state index contributed by atoms with van der Waals surface area (Å²) in [5, 5.41) is 19.6. The first-order valence-corrected chi connectivity index (χ1v) is 5.24. The largest absolute Gasteiger partial charge is 2.00 e. The number of allylic oxidation sites excluding steroid dienone is 4. The van der Waals surface area contributed by atoms with Crippen LogP contribution in [-0.4, -0.2) is 70.3 Å². The molecule has 0 aromatic heterocycles.